The maximum atomic E-state index is 5.84. The summed E-state index contributed by atoms with van der Waals surface area (Å²) in [4.78, 5) is 0. The van der Waals surface area contributed by atoms with Gasteiger partial charge in [-0.2, -0.15) is 0 Å². The van der Waals surface area contributed by atoms with Crippen LogP contribution in [0.4, 0.5) is 0 Å². The number of ether oxygens (including phenoxy) is 2. The molecule has 0 radical (unpaired) electrons. The highest BCUT2D eigenvalue weighted by Gasteiger charge is 2.22. The molecule has 0 N–H and O–H groups in total. The Hall–Kier alpha value is -0.860. The Morgan fingerprint density at radius 2 is 1.82 bits per heavy atom. The van der Waals surface area contributed by atoms with E-state index in [1.54, 1.807) is 0 Å². The molecule has 1 aliphatic rings. The van der Waals surface area contributed by atoms with Crippen molar-refractivity contribution in [3.8, 4) is 0 Å². The van der Waals surface area contributed by atoms with Crippen LogP contribution in [0.5, 0.6) is 0 Å². The van der Waals surface area contributed by atoms with Gasteiger partial charge in [0.05, 0.1) is 19.3 Å². The molecule has 1 fully saturated rings. The van der Waals surface area contributed by atoms with Gasteiger partial charge in [0.1, 0.15) is 6.10 Å². The van der Waals surface area contributed by atoms with E-state index in [0.717, 1.165) is 19.4 Å². The summed E-state index contributed by atoms with van der Waals surface area (Å²) < 4.78 is 11.6. The van der Waals surface area contributed by atoms with Crippen LogP contribution in [0.2, 0.25) is 0 Å². The van der Waals surface area contributed by atoms with E-state index in [-0.39, 0.29) is 12.2 Å². The maximum Gasteiger partial charge on any atom is 0.106 e. The van der Waals surface area contributed by atoms with Gasteiger partial charge in [0.15, 0.2) is 0 Å². The molecule has 0 saturated carbocycles. The summed E-state index contributed by atoms with van der Waals surface area (Å²) in [6.45, 7) is 5.74. The molecule has 94 valence electrons. The predicted molar refractivity (Wildman–Crippen MR) is 69.2 cm³/mol. The molecule has 0 bridgehead atoms. The van der Waals surface area contributed by atoms with Crippen molar-refractivity contribution in [3.63, 3.8) is 0 Å². The average Bonchev–Trinajstić information content (AvgIpc) is 2.40. The third-order valence-corrected chi connectivity index (χ3v) is 3.31. The van der Waals surface area contributed by atoms with Crippen molar-refractivity contribution < 1.29 is 9.47 Å². The van der Waals surface area contributed by atoms with Crippen molar-refractivity contribution in [1.82, 2.24) is 0 Å². The smallest absolute Gasteiger partial charge is 0.106 e. The highest BCUT2D eigenvalue weighted by molar-refractivity contribution is 5.24. The van der Waals surface area contributed by atoms with E-state index in [1.807, 2.05) is 0 Å². The van der Waals surface area contributed by atoms with Gasteiger partial charge in [-0.3, -0.25) is 0 Å². The summed E-state index contributed by atoms with van der Waals surface area (Å²) in [7, 11) is 0. The van der Waals surface area contributed by atoms with Crippen molar-refractivity contribution in [2.75, 3.05) is 13.2 Å². The van der Waals surface area contributed by atoms with E-state index in [0.29, 0.717) is 6.61 Å². The molecule has 0 amide bonds. The molecule has 0 unspecified atom stereocenters. The number of rotatable bonds is 4. The Morgan fingerprint density at radius 3 is 2.35 bits per heavy atom. The molecule has 0 aromatic heterocycles. The number of hydrogen-bond donors (Lipinski definition) is 0. The fourth-order valence-electron chi connectivity index (χ4n) is 2.16. The third kappa shape index (κ3) is 3.30. The molecular weight excluding hydrogens is 212 g/mol. The fraction of sp³-hybridized carbons (Fsp3) is 0.600. The zero-order chi connectivity index (χ0) is 12.1. The summed E-state index contributed by atoms with van der Waals surface area (Å²) in [5.41, 5.74) is 2.64. The standard InChI is InChI=1S/C15H22O2/c1-3-5-12-6-8-13(9-7-12)15-11-16-14(4-2)10-17-15/h6-9,14-15H,3-5,10-11H2,1-2H3/t14-,15-/m0/s1. The second-order valence-corrected chi connectivity index (χ2v) is 4.68. The van der Waals surface area contributed by atoms with Crippen LogP contribution in [0.15, 0.2) is 24.3 Å². The molecular formula is C15H22O2. The number of benzene rings is 1. The first-order valence-corrected chi connectivity index (χ1v) is 6.65. The van der Waals surface area contributed by atoms with Gasteiger partial charge in [-0.05, 0) is 24.0 Å². The predicted octanol–water partition coefficient (Wildman–Crippen LogP) is 3.51. The van der Waals surface area contributed by atoms with Crippen LogP contribution in [-0.2, 0) is 15.9 Å². The normalized spacial score (nSPS) is 24.8. The number of hydrogen-bond acceptors (Lipinski definition) is 2. The van der Waals surface area contributed by atoms with E-state index >= 15 is 0 Å². The zero-order valence-corrected chi connectivity index (χ0v) is 10.8. The molecule has 1 saturated heterocycles. The van der Waals surface area contributed by atoms with Crippen LogP contribution in [0.25, 0.3) is 0 Å². The van der Waals surface area contributed by atoms with Crippen LogP contribution in [-0.4, -0.2) is 19.3 Å². The van der Waals surface area contributed by atoms with Crippen LogP contribution in [0, 0.1) is 0 Å². The van der Waals surface area contributed by atoms with Crippen LogP contribution in [0.1, 0.15) is 43.9 Å². The van der Waals surface area contributed by atoms with Gasteiger partial charge in [-0.25, -0.2) is 0 Å². The first-order valence-electron chi connectivity index (χ1n) is 6.65. The Kier molecular flexibility index (Phi) is 4.57. The Balaban J connectivity index is 1.94. The van der Waals surface area contributed by atoms with Gasteiger partial charge in [-0.1, -0.05) is 44.5 Å². The van der Waals surface area contributed by atoms with Crippen LogP contribution < -0.4 is 0 Å². The average molecular weight is 234 g/mol. The minimum absolute atomic E-state index is 0.119. The van der Waals surface area contributed by atoms with E-state index in [9.17, 15) is 0 Å². The molecule has 1 heterocycles. The molecule has 0 aliphatic carbocycles. The summed E-state index contributed by atoms with van der Waals surface area (Å²) in [5, 5.41) is 0. The molecule has 1 aromatic carbocycles. The fourth-order valence-corrected chi connectivity index (χ4v) is 2.16. The van der Waals surface area contributed by atoms with Gasteiger partial charge >= 0.3 is 0 Å². The van der Waals surface area contributed by atoms with Gasteiger partial charge in [0.25, 0.3) is 0 Å². The van der Waals surface area contributed by atoms with Gasteiger partial charge < -0.3 is 9.47 Å². The molecule has 2 atom stereocenters. The van der Waals surface area contributed by atoms with Crippen molar-refractivity contribution in [2.24, 2.45) is 0 Å². The minimum atomic E-state index is 0.119. The highest BCUT2D eigenvalue weighted by atomic mass is 16.6. The first kappa shape index (κ1) is 12.6. The summed E-state index contributed by atoms with van der Waals surface area (Å²) in [5.74, 6) is 0. The minimum Gasteiger partial charge on any atom is -0.373 e. The Morgan fingerprint density at radius 1 is 1.06 bits per heavy atom. The van der Waals surface area contributed by atoms with E-state index in [1.165, 1.54) is 17.5 Å². The van der Waals surface area contributed by atoms with E-state index < -0.39 is 0 Å². The largest absolute Gasteiger partial charge is 0.373 e. The lowest BCUT2D eigenvalue weighted by molar-refractivity contribution is -0.135. The topological polar surface area (TPSA) is 18.5 Å². The van der Waals surface area contributed by atoms with Crippen molar-refractivity contribution in [3.05, 3.63) is 35.4 Å². The van der Waals surface area contributed by atoms with Crippen LogP contribution in [0.3, 0.4) is 0 Å². The molecule has 0 spiro atoms. The summed E-state index contributed by atoms with van der Waals surface area (Å²) in [6, 6.07) is 8.75. The molecule has 1 aromatic rings. The second kappa shape index (κ2) is 6.18. The number of aryl methyl sites for hydroxylation is 1. The van der Waals surface area contributed by atoms with E-state index in [2.05, 4.69) is 38.1 Å². The second-order valence-electron chi connectivity index (χ2n) is 4.68. The van der Waals surface area contributed by atoms with Crippen molar-refractivity contribution in [2.45, 2.75) is 45.3 Å². The highest BCUT2D eigenvalue weighted by Crippen LogP contribution is 2.24. The quantitative estimate of drug-likeness (QED) is 0.793. The molecule has 17 heavy (non-hydrogen) atoms. The lowest BCUT2D eigenvalue weighted by Gasteiger charge is -2.29. The lowest BCUT2D eigenvalue weighted by atomic mass is 10.0. The summed E-state index contributed by atoms with van der Waals surface area (Å²) in [6.07, 6.45) is 3.78. The first-order chi connectivity index (χ1) is 8.33. The maximum absolute atomic E-state index is 5.84. The third-order valence-electron chi connectivity index (χ3n) is 3.31. The lowest BCUT2D eigenvalue weighted by Crippen LogP contribution is -2.30. The van der Waals surface area contributed by atoms with Gasteiger partial charge in [0.2, 0.25) is 0 Å². The van der Waals surface area contributed by atoms with Crippen LogP contribution >= 0.6 is 0 Å². The van der Waals surface area contributed by atoms with Crippen molar-refractivity contribution >= 4 is 0 Å². The van der Waals surface area contributed by atoms with Gasteiger partial charge in [-0.15, -0.1) is 0 Å². The van der Waals surface area contributed by atoms with Gasteiger partial charge in [0, 0.05) is 0 Å². The Labute approximate surface area is 104 Å². The Bertz CT molecular complexity index is 323. The molecule has 2 nitrogen and oxygen atoms in total. The SMILES string of the molecule is CCCc1ccc([C@@H]2CO[C@@H](CC)CO2)cc1. The van der Waals surface area contributed by atoms with E-state index in [4.69, 9.17) is 9.47 Å². The molecule has 2 heteroatoms. The zero-order valence-electron chi connectivity index (χ0n) is 10.8. The molecule has 1 aliphatic heterocycles. The molecule has 2 rings (SSSR count). The monoisotopic (exact) mass is 234 g/mol. The van der Waals surface area contributed by atoms with Crippen molar-refractivity contribution in [1.29, 1.82) is 0 Å². The summed E-state index contributed by atoms with van der Waals surface area (Å²) >= 11 is 0.